The molecule has 4 nitrogen and oxygen atoms in total. The monoisotopic (exact) mass is 285 g/mol. The van der Waals surface area contributed by atoms with Crippen molar-refractivity contribution in [2.45, 2.75) is 13.5 Å². The summed E-state index contributed by atoms with van der Waals surface area (Å²) in [6.45, 7) is 3.46. The highest BCUT2D eigenvalue weighted by atomic mass is 32.1. The van der Waals surface area contributed by atoms with Crippen molar-refractivity contribution in [1.29, 1.82) is 0 Å². The molecule has 2 heterocycles. The lowest BCUT2D eigenvalue weighted by Crippen LogP contribution is -1.94. The fraction of sp³-hybridized carbons (Fsp3) is 0.200. The van der Waals surface area contributed by atoms with Crippen LogP contribution in [0.5, 0.6) is 5.75 Å². The van der Waals surface area contributed by atoms with Crippen LogP contribution in [0.2, 0.25) is 0 Å². The fourth-order valence-electron chi connectivity index (χ4n) is 1.96. The fourth-order valence-corrected chi connectivity index (χ4v) is 2.75. The standard InChI is InChI=1S/C15H15N3OS/c1-2-16-15-18-9-11(20-15)10-19-14-7-3-6-13-12(14)5-4-8-17-13/h3-9H,2,10H2,1H3,(H,16,18). The highest BCUT2D eigenvalue weighted by Gasteiger charge is 2.05. The molecule has 0 radical (unpaired) electrons. The van der Waals surface area contributed by atoms with Crippen molar-refractivity contribution in [3.05, 3.63) is 47.6 Å². The first-order valence-electron chi connectivity index (χ1n) is 6.52. The molecule has 3 aromatic rings. The maximum atomic E-state index is 5.90. The van der Waals surface area contributed by atoms with Crippen molar-refractivity contribution >= 4 is 27.4 Å². The summed E-state index contributed by atoms with van der Waals surface area (Å²) >= 11 is 1.62. The van der Waals surface area contributed by atoms with Crippen LogP contribution in [-0.4, -0.2) is 16.5 Å². The van der Waals surface area contributed by atoms with Gasteiger partial charge in [-0.25, -0.2) is 4.98 Å². The lowest BCUT2D eigenvalue weighted by Gasteiger charge is -2.07. The molecule has 102 valence electrons. The van der Waals surface area contributed by atoms with E-state index in [-0.39, 0.29) is 0 Å². The topological polar surface area (TPSA) is 47.0 Å². The van der Waals surface area contributed by atoms with Gasteiger partial charge in [-0.2, -0.15) is 0 Å². The van der Waals surface area contributed by atoms with Gasteiger partial charge in [-0.05, 0) is 31.2 Å². The molecule has 0 bridgehead atoms. The molecule has 0 saturated carbocycles. The van der Waals surface area contributed by atoms with Crippen LogP contribution in [0, 0.1) is 0 Å². The highest BCUT2D eigenvalue weighted by molar-refractivity contribution is 7.15. The van der Waals surface area contributed by atoms with E-state index < -0.39 is 0 Å². The van der Waals surface area contributed by atoms with Gasteiger partial charge in [-0.15, -0.1) is 0 Å². The van der Waals surface area contributed by atoms with Gasteiger partial charge < -0.3 is 10.1 Å². The van der Waals surface area contributed by atoms with E-state index in [1.807, 2.05) is 36.5 Å². The highest BCUT2D eigenvalue weighted by Crippen LogP contribution is 2.26. The summed E-state index contributed by atoms with van der Waals surface area (Å²) in [7, 11) is 0. The first-order chi connectivity index (χ1) is 9.86. The molecule has 0 fully saturated rings. The number of rotatable bonds is 5. The molecule has 0 spiro atoms. The van der Waals surface area contributed by atoms with E-state index in [2.05, 4.69) is 22.2 Å². The summed E-state index contributed by atoms with van der Waals surface area (Å²) in [4.78, 5) is 9.72. The Morgan fingerprint density at radius 2 is 2.15 bits per heavy atom. The quantitative estimate of drug-likeness (QED) is 0.776. The minimum Gasteiger partial charge on any atom is -0.487 e. The Morgan fingerprint density at radius 1 is 1.20 bits per heavy atom. The van der Waals surface area contributed by atoms with Gasteiger partial charge in [0.15, 0.2) is 5.13 Å². The molecule has 0 aliphatic carbocycles. The van der Waals surface area contributed by atoms with Gasteiger partial charge in [-0.3, -0.25) is 4.98 Å². The molecular formula is C15H15N3OS. The van der Waals surface area contributed by atoms with Crippen LogP contribution in [0.4, 0.5) is 5.13 Å². The molecule has 2 aromatic heterocycles. The zero-order chi connectivity index (χ0) is 13.8. The number of aromatic nitrogens is 2. The Kier molecular flexibility index (Phi) is 3.78. The second-order valence-electron chi connectivity index (χ2n) is 4.28. The number of nitrogens with zero attached hydrogens (tertiary/aromatic N) is 2. The first kappa shape index (κ1) is 12.9. The summed E-state index contributed by atoms with van der Waals surface area (Å²) in [5.41, 5.74) is 0.947. The maximum Gasteiger partial charge on any atom is 0.182 e. The number of benzene rings is 1. The molecule has 3 rings (SSSR count). The third-order valence-electron chi connectivity index (χ3n) is 2.86. The predicted molar refractivity (Wildman–Crippen MR) is 82.4 cm³/mol. The van der Waals surface area contributed by atoms with Crippen LogP contribution in [0.1, 0.15) is 11.8 Å². The number of ether oxygens (including phenoxy) is 1. The van der Waals surface area contributed by atoms with Gasteiger partial charge in [0.25, 0.3) is 0 Å². The zero-order valence-corrected chi connectivity index (χ0v) is 12.0. The number of nitrogens with one attached hydrogen (secondary N) is 1. The summed E-state index contributed by atoms with van der Waals surface area (Å²) in [6.07, 6.45) is 3.64. The van der Waals surface area contributed by atoms with E-state index in [9.17, 15) is 0 Å². The van der Waals surface area contributed by atoms with Gasteiger partial charge in [0.2, 0.25) is 0 Å². The minimum atomic E-state index is 0.525. The largest absolute Gasteiger partial charge is 0.487 e. The van der Waals surface area contributed by atoms with E-state index >= 15 is 0 Å². The molecule has 1 aromatic carbocycles. The van der Waals surface area contributed by atoms with Gasteiger partial charge in [0, 0.05) is 24.3 Å². The Hall–Kier alpha value is -2.14. The summed E-state index contributed by atoms with van der Waals surface area (Å²) in [5.74, 6) is 0.856. The van der Waals surface area contributed by atoms with E-state index in [0.29, 0.717) is 6.61 Å². The molecule has 1 N–H and O–H groups in total. The van der Waals surface area contributed by atoms with Crippen molar-refractivity contribution in [3.8, 4) is 5.75 Å². The van der Waals surface area contributed by atoms with Crippen molar-refractivity contribution in [1.82, 2.24) is 9.97 Å². The van der Waals surface area contributed by atoms with Crippen LogP contribution >= 0.6 is 11.3 Å². The molecule has 0 aliphatic rings. The third-order valence-corrected chi connectivity index (χ3v) is 3.79. The number of hydrogen-bond donors (Lipinski definition) is 1. The third kappa shape index (κ3) is 2.72. The van der Waals surface area contributed by atoms with Crippen LogP contribution < -0.4 is 10.1 Å². The second kappa shape index (κ2) is 5.88. The van der Waals surface area contributed by atoms with Crippen molar-refractivity contribution in [2.75, 3.05) is 11.9 Å². The molecule has 0 atom stereocenters. The van der Waals surface area contributed by atoms with E-state index in [1.165, 1.54) is 0 Å². The predicted octanol–water partition coefficient (Wildman–Crippen LogP) is 3.70. The van der Waals surface area contributed by atoms with Crippen molar-refractivity contribution < 1.29 is 4.74 Å². The number of anilines is 1. The van der Waals surface area contributed by atoms with E-state index in [1.54, 1.807) is 17.5 Å². The molecule has 5 heteroatoms. The summed E-state index contributed by atoms with van der Waals surface area (Å²) in [5, 5.41) is 5.17. The number of hydrogen-bond acceptors (Lipinski definition) is 5. The average Bonchev–Trinajstić information content (AvgIpc) is 2.93. The lowest BCUT2D eigenvalue weighted by atomic mass is 10.2. The summed E-state index contributed by atoms with van der Waals surface area (Å²) in [6, 6.07) is 9.86. The van der Waals surface area contributed by atoms with Gasteiger partial charge >= 0.3 is 0 Å². The van der Waals surface area contributed by atoms with Crippen LogP contribution in [-0.2, 0) is 6.61 Å². The summed E-state index contributed by atoms with van der Waals surface area (Å²) < 4.78 is 5.90. The molecule has 0 saturated heterocycles. The Labute approximate surface area is 121 Å². The smallest absolute Gasteiger partial charge is 0.182 e. The normalized spacial score (nSPS) is 10.7. The lowest BCUT2D eigenvalue weighted by molar-refractivity contribution is 0.313. The van der Waals surface area contributed by atoms with E-state index in [0.717, 1.165) is 33.2 Å². The minimum absolute atomic E-state index is 0.525. The van der Waals surface area contributed by atoms with Gasteiger partial charge in [0.05, 0.1) is 10.4 Å². The Balaban J connectivity index is 1.76. The number of thiazole rings is 1. The Bertz CT molecular complexity index is 706. The van der Waals surface area contributed by atoms with Gasteiger partial charge in [-0.1, -0.05) is 17.4 Å². The SMILES string of the molecule is CCNc1ncc(COc2cccc3ncccc23)s1. The molecule has 20 heavy (non-hydrogen) atoms. The van der Waals surface area contributed by atoms with E-state index in [4.69, 9.17) is 4.74 Å². The van der Waals surface area contributed by atoms with Crippen LogP contribution in [0.3, 0.4) is 0 Å². The number of fused-ring (bicyclic) bond motifs is 1. The Morgan fingerprint density at radius 3 is 3.05 bits per heavy atom. The second-order valence-corrected chi connectivity index (χ2v) is 5.39. The molecule has 0 unspecified atom stereocenters. The molecular weight excluding hydrogens is 270 g/mol. The molecule has 0 aliphatic heterocycles. The van der Waals surface area contributed by atoms with Crippen LogP contribution in [0.15, 0.2) is 42.7 Å². The van der Waals surface area contributed by atoms with Crippen molar-refractivity contribution in [2.24, 2.45) is 0 Å². The molecule has 0 amide bonds. The first-order valence-corrected chi connectivity index (χ1v) is 7.33. The maximum absolute atomic E-state index is 5.90. The van der Waals surface area contributed by atoms with Crippen molar-refractivity contribution in [3.63, 3.8) is 0 Å². The average molecular weight is 285 g/mol. The zero-order valence-electron chi connectivity index (χ0n) is 11.2. The van der Waals surface area contributed by atoms with Crippen LogP contribution in [0.25, 0.3) is 10.9 Å². The van der Waals surface area contributed by atoms with Gasteiger partial charge in [0.1, 0.15) is 12.4 Å². The number of pyridine rings is 1.